The Morgan fingerprint density at radius 1 is 1.30 bits per heavy atom. The highest BCUT2D eigenvalue weighted by molar-refractivity contribution is 9.10. The maximum absolute atomic E-state index is 11.3. The van der Waals surface area contributed by atoms with Gasteiger partial charge in [0.15, 0.2) is 5.69 Å². The summed E-state index contributed by atoms with van der Waals surface area (Å²) in [5.41, 5.74) is 0.971. The summed E-state index contributed by atoms with van der Waals surface area (Å²) in [6.45, 7) is 4.15. The zero-order valence-electron chi connectivity index (χ0n) is 13.2. The minimum atomic E-state index is -0.423. The molecule has 2 aromatic rings. The minimum Gasteiger partial charge on any atom is -0.474 e. The van der Waals surface area contributed by atoms with E-state index < -0.39 is 4.92 Å². The summed E-state index contributed by atoms with van der Waals surface area (Å²) >= 11 is 3.34. The fourth-order valence-electron chi connectivity index (χ4n) is 2.32. The van der Waals surface area contributed by atoms with Crippen molar-refractivity contribution in [2.75, 3.05) is 0 Å². The van der Waals surface area contributed by atoms with Gasteiger partial charge in [-0.2, -0.15) is 0 Å². The third-order valence-electron chi connectivity index (χ3n) is 3.51. The van der Waals surface area contributed by atoms with Crippen LogP contribution < -0.4 is 4.74 Å². The average molecular weight is 379 g/mol. The highest BCUT2D eigenvalue weighted by Gasteiger charge is 2.22. The van der Waals surface area contributed by atoms with Gasteiger partial charge < -0.3 is 4.74 Å². The number of aromatic nitrogens is 1. The number of rotatable bonds is 7. The van der Waals surface area contributed by atoms with Gasteiger partial charge in [0.25, 0.3) is 5.69 Å². The van der Waals surface area contributed by atoms with Crippen LogP contribution in [0.2, 0.25) is 0 Å². The molecule has 0 spiro atoms. The van der Waals surface area contributed by atoms with Crippen molar-refractivity contribution in [3.8, 4) is 17.1 Å². The molecule has 1 aromatic carbocycles. The highest BCUT2D eigenvalue weighted by Crippen LogP contribution is 2.36. The molecule has 5 nitrogen and oxygen atoms in total. The van der Waals surface area contributed by atoms with Crippen molar-refractivity contribution in [3.05, 3.63) is 51.0 Å². The Morgan fingerprint density at radius 2 is 2.00 bits per heavy atom. The lowest BCUT2D eigenvalue weighted by Crippen LogP contribution is -2.16. The number of hydrogen-bond acceptors (Lipinski definition) is 4. The van der Waals surface area contributed by atoms with Gasteiger partial charge in [0.1, 0.15) is 6.10 Å². The van der Waals surface area contributed by atoms with Gasteiger partial charge >= 0.3 is 0 Å². The van der Waals surface area contributed by atoms with Gasteiger partial charge in [0, 0.05) is 11.6 Å². The van der Waals surface area contributed by atoms with Crippen LogP contribution in [-0.2, 0) is 0 Å². The topological polar surface area (TPSA) is 65.3 Å². The minimum absolute atomic E-state index is 0.0426. The second kappa shape index (κ2) is 8.06. The second-order valence-corrected chi connectivity index (χ2v) is 6.06. The van der Waals surface area contributed by atoms with Crippen LogP contribution in [0.4, 0.5) is 5.69 Å². The van der Waals surface area contributed by atoms with E-state index in [0.717, 1.165) is 19.3 Å². The molecule has 0 aliphatic carbocycles. The third kappa shape index (κ3) is 4.28. The summed E-state index contributed by atoms with van der Waals surface area (Å²) in [4.78, 5) is 15.3. The molecule has 2 rings (SSSR count). The lowest BCUT2D eigenvalue weighted by atomic mass is 10.1. The Bertz CT molecular complexity index is 677. The predicted molar refractivity (Wildman–Crippen MR) is 93.6 cm³/mol. The van der Waals surface area contributed by atoms with Crippen molar-refractivity contribution >= 4 is 21.6 Å². The number of ether oxygens (including phenoxy) is 1. The molecule has 23 heavy (non-hydrogen) atoms. The summed E-state index contributed by atoms with van der Waals surface area (Å²) < 4.78 is 6.45. The lowest BCUT2D eigenvalue weighted by Gasteiger charge is -2.17. The number of nitro groups is 1. The molecule has 0 aliphatic rings. The quantitative estimate of drug-likeness (QED) is 0.479. The monoisotopic (exact) mass is 378 g/mol. The van der Waals surface area contributed by atoms with Crippen molar-refractivity contribution in [1.82, 2.24) is 4.98 Å². The van der Waals surface area contributed by atoms with Gasteiger partial charge in [0.05, 0.1) is 9.40 Å². The second-order valence-electron chi connectivity index (χ2n) is 5.20. The molecule has 0 saturated heterocycles. The molecule has 0 amide bonds. The van der Waals surface area contributed by atoms with Crippen molar-refractivity contribution in [2.24, 2.45) is 0 Å². The Balaban J connectivity index is 2.47. The summed E-state index contributed by atoms with van der Waals surface area (Å²) in [6, 6.07) is 10.6. The van der Waals surface area contributed by atoms with E-state index in [-0.39, 0.29) is 11.8 Å². The van der Waals surface area contributed by atoms with Crippen LogP contribution in [0.3, 0.4) is 0 Å². The van der Waals surface area contributed by atoms with Crippen LogP contribution in [0.15, 0.2) is 40.9 Å². The zero-order valence-corrected chi connectivity index (χ0v) is 14.7. The maximum Gasteiger partial charge on any atom is 0.296 e. The van der Waals surface area contributed by atoms with E-state index in [1.165, 1.54) is 6.07 Å². The summed E-state index contributed by atoms with van der Waals surface area (Å²) in [6.07, 6.45) is 2.84. The predicted octanol–water partition coefficient (Wildman–Crippen LogP) is 5.38. The molecule has 0 radical (unpaired) electrons. The molecule has 1 aromatic heterocycles. The zero-order chi connectivity index (χ0) is 16.8. The number of hydrogen-bond donors (Lipinski definition) is 0. The first-order chi connectivity index (χ1) is 11.1. The van der Waals surface area contributed by atoms with Gasteiger partial charge in [-0.1, -0.05) is 50.6 Å². The van der Waals surface area contributed by atoms with Crippen molar-refractivity contribution in [1.29, 1.82) is 0 Å². The molecule has 0 bridgehead atoms. The fraction of sp³-hybridized carbons (Fsp3) is 0.353. The average Bonchev–Trinajstić information content (AvgIpc) is 2.56. The molecule has 0 N–H and O–H groups in total. The van der Waals surface area contributed by atoms with E-state index in [1.54, 1.807) is 12.1 Å². The molecule has 0 saturated carbocycles. The standard InChI is InChI=1S/C17H19BrN2O3/c1-3-8-13(4-2)23-17-14(18)11-15(20(21)22)16(19-17)12-9-6-5-7-10-12/h5-7,9-11,13H,3-4,8H2,1-2H3. The first kappa shape index (κ1) is 17.4. The molecule has 0 fully saturated rings. The van der Waals surface area contributed by atoms with E-state index >= 15 is 0 Å². The Hall–Kier alpha value is -1.95. The van der Waals surface area contributed by atoms with E-state index in [4.69, 9.17) is 4.74 Å². The molecule has 1 unspecified atom stereocenters. The van der Waals surface area contributed by atoms with Crippen LogP contribution in [0.25, 0.3) is 11.3 Å². The third-order valence-corrected chi connectivity index (χ3v) is 4.08. The fourth-order valence-corrected chi connectivity index (χ4v) is 2.72. The molecule has 0 aliphatic heterocycles. The maximum atomic E-state index is 11.3. The first-order valence-electron chi connectivity index (χ1n) is 7.63. The Morgan fingerprint density at radius 3 is 2.57 bits per heavy atom. The molecule has 122 valence electrons. The van der Waals surface area contributed by atoms with Crippen LogP contribution in [0, 0.1) is 10.1 Å². The van der Waals surface area contributed by atoms with E-state index in [0.29, 0.717) is 21.6 Å². The van der Waals surface area contributed by atoms with Gasteiger partial charge in [-0.15, -0.1) is 0 Å². The number of benzene rings is 1. The van der Waals surface area contributed by atoms with E-state index in [1.807, 2.05) is 18.2 Å². The smallest absolute Gasteiger partial charge is 0.296 e. The number of nitrogens with zero attached hydrogens (tertiary/aromatic N) is 2. The summed E-state index contributed by atoms with van der Waals surface area (Å²) in [5.74, 6) is 0.398. The van der Waals surface area contributed by atoms with Crippen molar-refractivity contribution in [2.45, 2.75) is 39.2 Å². The van der Waals surface area contributed by atoms with Crippen LogP contribution in [0.5, 0.6) is 5.88 Å². The van der Waals surface area contributed by atoms with Crippen LogP contribution in [-0.4, -0.2) is 16.0 Å². The van der Waals surface area contributed by atoms with Crippen molar-refractivity contribution < 1.29 is 9.66 Å². The summed E-state index contributed by atoms with van der Waals surface area (Å²) in [5, 5.41) is 11.3. The first-order valence-corrected chi connectivity index (χ1v) is 8.43. The number of pyridine rings is 1. The summed E-state index contributed by atoms with van der Waals surface area (Å²) in [7, 11) is 0. The lowest BCUT2D eigenvalue weighted by molar-refractivity contribution is -0.384. The van der Waals surface area contributed by atoms with Gasteiger partial charge in [-0.05, 0) is 28.8 Å². The van der Waals surface area contributed by atoms with Gasteiger partial charge in [-0.25, -0.2) is 4.98 Å². The normalized spacial score (nSPS) is 12.0. The number of halogens is 1. The Labute approximate surface area is 144 Å². The molecule has 1 atom stereocenters. The van der Waals surface area contributed by atoms with Crippen molar-refractivity contribution in [3.63, 3.8) is 0 Å². The van der Waals surface area contributed by atoms with Gasteiger partial charge in [-0.3, -0.25) is 10.1 Å². The SMILES string of the molecule is CCCC(CC)Oc1nc(-c2ccccc2)c([N+](=O)[O-])cc1Br. The van der Waals surface area contributed by atoms with Gasteiger partial charge in [0.2, 0.25) is 5.88 Å². The molecule has 1 heterocycles. The van der Waals surface area contributed by atoms with Crippen LogP contribution >= 0.6 is 15.9 Å². The molecular weight excluding hydrogens is 360 g/mol. The Kier molecular flexibility index (Phi) is 6.10. The molecule has 6 heteroatoms. The van der Waals surface area contributed by atoms with E-state index in [2.05, 4.69) is 34.8 Å². The van der Waals surface area contributed by atoms with Crippen LogP contribution in [0.1, 0.15) is 33.1 Å². The molecular formula is C17H19BrN2O3. The largest absolute Gasteiger partial charge is 0.474 e. The van der Waals surface area contributed by atoms with E-state index in [9.17, 15) is 10.1 Å². The highest BCUT2D eigenvalue weighted by atomic mass is 79.9.